The van der Waals surface area contributed by atoms with E-state index in [0.29, 0.717) is 22.9 Å². The maximum Gasteiger partial charge on any atom is 0.274 e. The Morgan fingerprint density at radius 2 is 1.96 bits per heavy atom. The number of nitrogens with one attached hydrogen (secondary N) is 2. The average Bonchev–Trinajstić information content (AvgIpc) is 2.54. The van der Waals surface area contributed by atoms with Crippen molar-refractivity contribution in [3.8, 4) is 0 Å². The Morgan fingerprint density at radius 3 is 2.62 bits per heavy atom. The molecule has 0 fully saturated rings. The molecule has 1 aromatic heterocycles. The third-order valence-electron chi connectivity index (χ3n) is 3.60. The highest BCUT2D eigenvalue weighted by Gasteiger charge is 2.12. The first-order chi connectivity index (χ1) is 11.4. The van der Waals surface area contributed by atoms with Crippen molar-refractivity contribution in [1.82, 2.24) is 9.97 Å². The molecule has 1 heterocycles. The van der Waals surface area contributed by atoms with Crippen LogP contribution in [0.3, 0.4) is 0 Å². The average molecular weight is 326 g/mol. The fourth-order valence-corrected chi connectivity index (χ4v) is 2.08. The van der Waals surface area contributed by atoms with Crippen LogP contribution in [0.2, 0.25) is 0 Å². The molecule has 2 aromatic rings. The zero-order valence-corrected chi connectivity index (χ0v) is 14.4. The molecule has 0 aliphatic carbocycles. The standard InChI is InChI=1S/C18H22N4O2/c1-5-11(2)19-18-20-12(3)9-16(22-18)17(24)21-15-8-6-7-14(10-15)13(4)23/h6-11H,5H2,1-4H3,(H,21,24)(H,19,20,22). The van der Waals surface area contributed by atoms with Crippen molar-refractivity contribution in [1.29, 1.82) is 0 Å². The van der Waals surface area contributed by atoms with Crippen molar-refractivity contribution < 1.29 is 9.59 Å². The second-order valence-electron chi connectivity index (χ2n) is 5.76. The van der Waals surface area contributed by atoms with Gasteiger partial charge in [0.25, 0.3) is 5.91 Å². The lowest BCUT2D eigenvalue weighted by molar-refractivity contribution is 0.100. The predicted molar refractivity (Wildman–Crippen MR) is 94.5 cm³/mol. The molecule has 0 spiro atoms. The highest BCUT2D eigenvalue weighted by molar-refractivity contribution is 6.04. The molecule has 0 saturated heterocycles. The van der Waals surface area contributed by atoms with Gasteiger partial charge in [0.05, 0.1) is 0 Å². The summed E-state index contributed by atoms with van der Waals surface area (Å²) in [6, 6.07) is 8.67. The summed E-state index contributed by atoms with van der Waals surface area (Å²) in [6.07, 6.45) is 0.927. The van der Waals surface area contributed by atoms with E-state index in [2.05, 4.69) is 27.5 Å². The van der Waals surface area contributed by atoms with Gasteiger partial charge in [-0.3, -0.25) is 9.59 Å². The molecule has 0 aliphatic rings. The van der Waals surface area contributed by atoms with Crippen LogP contribution in [0.5, 0.6) is 0 Å². The number of carbonyl (C=O) groups is 2. The van der Waals surface area contributed by atoms with Crippen LogP contribution in [-0.4, -0.2) is 27.7 Å². The summed E-state index contributed by atoms with van der Waals surface area (Å²) in [7, 11) is 0. The SMILES string of the molecule is CCC(C)Nc1nc(C)cc(C(=O)Nc2cccc(C(C)=O)c2)n1. The van der Waals surface area contributed by atoms with Crippen molar-refractivity contribution in [2.24, 2.45) is 0 Å². The van der Waals surface area contributed by atoms with Gasteiger partial charge in [-0.25, -0.2) is 9.97 Å². The number of anilines is 2. The summed E-state index contributed by atoms with van der Waals surface area (Å²) in [5.41, 5.74) is 2.09. The number of aryl methyl sites for hydroxylation is 1. The number of hydrogen-bond donors (Lipinski definition) is 2. The van der Waals surface area contributed by atoms with Gasteiger partial charge in [-0.1, -0.05) is 19.1 Å². The Bertz CT molecular complexity index is 758. The van der Waals surface area contributed by atoms with Gasteiger partial charge in [0.2, 0.25) is 5.95 Å². The van der Waals surface area contributed by atoms with E-state index < -0.39 is 0 Å². The summed E-state index contributed by atoms with van der Waals surface area (Å²) >= 11 is 0. The van der Waals surface area contributed by atoms with Crippen LogP contribution in [0, 0.1) is 6.92 Å². The molecule has 0 radical (unpaired) electrons. The molecule has 0 saturated carbocycles. The van der Waals surface area contributed by atoms with Gasteiger partial charge >= 0.3 is 0 Å². The van der Waals surface area contributed by atoms with Gasteiger partial charge in [0.1, 0.15) is 5.69 Å². The Hall–Kier alpha value is -2.76. The lowest BCUT2D eigenvalue weighted by atomic mass is 10.1. The first-order valence-corrected chi connectivity index (χ1v) is 7.93. The second-order valence-corrected chi connectivity index (χ2v) is 5.76. The maximum absolute atomic E-state index is 12.4. The van der Waals surface area contributed by atoms with E-state index in [9.17, 15) is 9.59 Å². The van der Waals surface area contributed by atoms with E-state index >= 15 is 0 Å². The number of Topliss-reactive ketones (excluding diaryl/α,β-unsaturated/α-hetero) is 1. The summed E-state index contributed by atoms with van der Waals surface area (Å²) in [4.78, 5) is 32.4. The maximum atomic E-state index is 12.4. The summed E-state index contributed by atoms with van der Waals surface area (Å²) < 4.78 is 0. The van der Waals surface area contributed by atoms with Crippen LogP contribution in [0.1, 0.15) is 53.7 Å². The number of ketones is 1. The van der Waals surface area contributed by atoms with Crippen molar-refractivity contribution in [2.45, 2.75) is 40.2 Å². The van der Waals surface area contributed by atoms with Gasteiger partial charge < -0.3 is 10.6 Å². The van der Waals surface area contributed by atoms with Gasteiger partial charge in [0.15, 0.2) is 5.78 Å². The van der Waals surface area contributed by atoms with Crippen molar-refractivity contribution in [3.05, 3.63) is 47.3 Å². The largest absolute Gasteiger partial charge is 0.352 e. The fourth-order valence-electron chi connectivity index (χ4n) is 2.08. The van der Waals surface area contributed by atoms with E-state index in [1.807, 2.05) is 13.8 Å². The van der Waals surface area contributed by atoms with Gasteiger partial charge in [-0.15, -0.1) is 0 Å². The zero-order chi connectivity index (χ0) is 17.7. The van der Waals surface area contributed by atoms with E-state index in [4.69, 9.17) is 0 Å². The Balaban J connectivity index is 2.20. The van der Waals surface area contributed by atoms with E-state index in [0.717, 1.165) is 6.42 Å². The molecular weight excluding hydrogens is 304 g/mol. The molecule has 6 heteroatoms. The van der Waals surface area contributed by atoms with Crippen molar-refractivity contribution in [2.75, 3.05) is 10.6 Å². The minimum atomic E-state index is -0.339. The molecule has 1 unspecified atom stereocenters. The Kier molecular flexibility index (Phi) is 5.63. The van der Waals surface area contributed by atoms with Gasteiger partial charge in [-0.05, 0) is 45.4 Å². The minimum Gasteiger partial charge on any atom is -0.352 e. The van der Waals surface area contributed by atoms with Crippen LogP contribution in [0.4, 0.5) is 11.6 Å². The van der Waals surface area contributed by atoms with Crippen LogP contribution in [-0.2, 0) is 0 Å². The fraction of sp³-hybridized carbons (Fsp3) is 0.333. The highest BCUT2D eigenvalue weighted by Crippen LogP contribution is 2.14. The number of amides is 1. The van der Waals surface area contributed by atoms with E-state index in [1.165, 1.54) is 6.92 Å². The molecule has 0 aliphatic heterocycles. The molecular formula is C18H22N4O2. The summed E-state index contributed by atoms with van der Waals surface area (Å²) in [6.45, 7) is 7.39. The third-order valence-corrected chi connectivity index (χ3v) is 3.60. The molecule has 24 heavy (non-hydrogen) atoms. The highest BCUT2D eigenvalue weighted by atomic mass is 16.2. The quantitative estimate of drug-likeness (QED) is 0.794. The first-order valence-electron chi connectivity index (χ1n) is 7.93. The molecule has 2 rings (SSSR count). The predicted octanol–water partition coefficient (Wildman–Crippen LogP) is 3.45. The number of carbonyl (C=O) groups excluding carboxylic acids is 2. The lowest BCUT2D eigenvalue weighted by Crippen LogP contribution is -2.19. The van der Waals surface area contributed by atoms with E-state index in [1.54, 1.807) is 30.3 Å². The summed E-state index contributed by atoms with van der Waals surface area (Å²) in [5.74, 6) is 0.0457. The number of nitrogens with zero attached hydrogens (tertiary/aromatic N) is 2. The van der Waals surface area contributed by atoms with Crippen LogP contribution in [0.25, 0.3) is 0 Å². The topological polar surface area (TPSA) is 84.0 Å². The second kappa shape index (κ2) is 7.68. The molecule has 1 amide bonds. The van der Waals surface area contributed by atoms with Gasteiger partial charge in [0, 0.05) is 23.0 Å². The summed E-state index contributed by atoms with van der Waals surface area (Å²) in [5, 5.41) is 5.93. The molecule has 0 bridgehead atoms. The molecule has 126 valence electrons. The van der Waals surface area contributed by atoms with Crippen LogP contribution in [0.15, 0.2) is 30.3 Å². The van der Waals surface area contributed by atoms with Crippen LogP contribution < -0.4 is 10.6 Å². The van der Waals surface area contributed by atoms with Crippen molar-refractivity contribution >= 4 is 23.3 Å². The number of benzene rings is 1. The van der Waals surface area contributed by atoms with Crippen molar-refractivity contribution in [3.63, 3.8) is 0 Å². The smallest absolute Gasteiger partial charge is 0.274 e. The first kappa shape index (κ1) is 17.6. The van der Waals surface area contributed by atoms with Gasteiger partial charge in [-0.2, -0.15) is 0 Å². The lowest BCUT2D eigenvalue weighted by Gasteiger charge is -2.13. The Morgan fingerprint density at radius 1 is 1.21 bits per heavy atom. The van der Waals surface area contributed by atoms with E-state index in [-0.39, 0.29) is 23.4 Å². The molecule has 1 aromatic carbocycles. The monoisotopic (exact) mass is 326 g/mol. The zero-order valence-electron chi connectivity index (χ0n) is 14.4. The number of hydrogen-bond acceptors (Lipinski definition) is 5. The molecule has 1 atom stereocenters. The molecule has 6 nitrogen and oxygen atoms in total. The Labute approximate surface area is 141 Å². The minimum absolute atomic E-state index is 0.0518. The number of rotatable bonds is 6. The van der Waals surface area contributed by atoms with Crippen LogP contribution >= 0.6 is 0 Å². The number of aromatic nitrogens is 2. The third kappa shape index (κ3) is 4.62. The normalized spacial score (nSPS) is 11.7. The molecule has 2 N–H and O–H groups in total.